The Bertz CT molecular complexity index is 658. The number of imide groups is 1. The standard InChI is InChI=1S/C13H11I3N2O3/c1-13(2)12(21)17-9(19)5-18(13)11(20)7-3-6(14)4-8(15)10(7)16/h3-4H,5H2,1-2H3,(H,17,19,21). The summed E-state index contributed by atoms with van der Waals surface area (Å²) in [6.45, 7) is 3.16. The second-order valence-electron chi connectivity index (χ2n) is 5.08. The lowest BCUT2D eigenvalue weighted by molar-refractivity contribution is -0.143. The van der Waals surface area contributed by atoms with Crippen molar-refractivity contribution < 1.29 is 14.4 Å². The first-order valence-corrected chi connectivity index (χ1v) is 9.19. The second-order valence-corrected chi connectivity index (χ2v) is 8.56. The molecule has 0 radical (unpaired) electrons. The lowest BCUT2D eigenvalue weighted by atomic mass is 9.97. The fraction of sp³-hybridized carbons (Fsp3) is 0.308. The number of hydrogen-bond donors (Lipinski definition) is 1. The van der Waals surface area contributed by atoms with Crippen LogP contribution >= 0.6 is 67.8 Å². The van der Waals surface area contributed by atoms with Crippen LogP contribution in [0.15, 0.2) is 12.1 Å². The summed E-state index contributed by atoms with van der Waals surface area (Å²) in [6, 6.07) is 3.75. The van der Waals surface area contributed by atoms with Gasteiger partial charge in [-0.3, -0.25) is 19.7 Å². The molecular weight excluding hydrogens is 613 g/mol. The molecule has 0 aliphatic carbocycles. The molecule has 0 spiro atoms. The van der Waals surface area contributed by atoms with Crippen LogP contribution in [0.25, 0.3) is 0 Å². The Morgan fingerprint density at radius 2 is 1.86 bits per heavy atom. The highest BCUT2D eigenvalue weighted by Gasteiger charge is 2.44. The highest BCUT2D eigenvalue weighted by atomic mass is 127. The van der Waals surface area contributed by atoms with Crippen LogP contribution in [0.1, 0.15) is 24.2 Å². The van der Waals surface area contributed by atoms with Gasteiger partial charge in [-0.1, -0.05) is 0 Å². The third-order valence-electron chi connectivity index (χ3n) is 3.25. The third-order valence-corrected chi connectivity index (χ3v) is 6.92. The van der Waals surface area contributed by atoms with E-state index in [2.05, 4.69) is 73.1 Å². The highest BCUT2D eigenvalue weighted by Crippen LogP contribution is 2.27. The molecule has 8 heteroatoms. The predicted octanol–water partition coefficient (Wildman–Crippen LogP) is 2.38. The van der Waals surface area contributed by atoms with Crippen molar-refractivity contribution in [3.63, 3.8) is 0 Å². The molecule has 0 bridgehead atoms. The summed E-state index contributed by atoms with van der Waals surface area (Å²) in [4.78, 5) is 37.7. The molecule has 1 N–H and O–H groups in total. The van der Waals surface area contributed by atoms with Crippen LogP contribution in [0.5, 0.6) is 0 Å². The summed E-state index contributed by atoms with van der Waals surface area (Å²) in [7, 11) is 0. The fourth-order valence-electron chi connectivity index (χ4n) is 1.97. The van der Waals surface area contributed by atoms with Gasteiger partial charge in [0.25, 0.3) is 11.8 Å². The lowest BCUT2D eigenvalue weighted by Crippen LogP contribution is -2.65. The van der Waals surface area contributed by atoms with E-state index in [0.29, 0.717) is 5.56 Å². The maximum absolute atomic E-state index is 12.8. The quantitative estimate of drug-likeness (QED) is 0.297. The Morgan fingerprint density at radius 3 is 2.48 bits per heavy atom. The summed E-state index contributed by atoms with van der Waals surface area (Å²) in [5.41, 5.74) is -0.539. The van der Waals surface area contributed by atoms with Crippen molar-refractivity contribution in [1.29, 1.82) is 0 Å². The predicted molar refractivity (Wildman–Crippen MR) is 103 cm³/mol. The van der Waals surface area contributed by atoms with Gasteiger partial charge in [-0.05, 0) is 93.8 Å². The van der Waals surface area contributed by atoms with Gasteiger partial charge in [-0.25, -0.2) is 0 Å². The molecule has 0 saturated carbocycles. The minimum atomic E-state index is -1.05. The average Bonchev–Trinajstić information content (AvgIpc) is 2.37. The number of piperazine rings is 1. The van der Waals surface area contributed by atoms with E-state index in [1.165, 1.54) is 4.90 Å². The molecule has 2 rings (SSSR count). The molecule has 1 aliphatic rings. The fourth-order valence-corrected chi connectivity index (χ4v) is 4.35. The van der Waals surface area contributed by atoms with E-state index >= 15 is 0 Å². The van der Waals surface area contributed by atoms with Gasteiger partial charge in [-0.15, -0.1) is 0 Å². The molecule has 1 fully saturated rings. The Kier molecular flexibility index (Phi) is 5.18. The number of hydrogen-bond acceptors (Lipinski definition) is 3. The van der Waals surface area contributed by atoms with E-state index in [4.69, 9.17) is 0 Å². The summed E-state index contributed by atoms with van der Waals surface area (Å²) < 4.78 is 2.73. The van der Waals surface area contributed by atoms with Gasteiger partial charge < -0.3 is 4.90 Å². The van der Waals surface area contributed by atoms with Gasteiger partial charge in [0.15, 0.2) is 0 Å². The maximum atomic E-state index is 12.8. The molecule has 1 aromatic carbocycles. The van der Waals surface area contributed by atoms with Crippen LogP contribution in [0.4, 0.5) is 0 Å². The van der Waals surface area contributed by atoms with Crippen molar-refractivity contribution in [3.05, 3.63) is 28.4 Å². The molecule has 5 nitrogen and oxygen atoms in total. The largest absolute Gasteiger partial charge is 0.315 e. The van der Waals surface area contributed by atoms with Crippen molar-refractivity contribution >= 4 is 85.5 Å². The number of carbonyl (C=O) groups is 3. The Hall–Kier alpha value is 0.0200. The molecule has 0 aromatic heterocycles. The zero-order valence-electron chi connectivity index (χ0n) is 11.2. The van der Waals surface area contributed by atoms with E-state index in [1.807, 2.05) is 6.07 Å². The summed E-state index contributed by atoms with van der Waals surface area (Å²) in [6.07, 6.45) is 0. The highest BCUT2D eigenvalue weighted by molar-refractivity contribution is 14.1. The number of nitrogens with zero attached hydrogens (tertiary/aromatic N) is 1. The van der Waals surface area contributed by atoms with E-state index < -0.39 is 17.4 Å². The van der Waals surface area contributed by atoms with E-state index in [9.17, 15) is 14.4 Å². The first-order chi connectivity index (χ1) is 9.64. The molecule has 0 atom stereocenters. The molecule has 21 heavy (non-hydrogen) atoms. The third kappa shape index (κ3) is 3.35. The molecule has 1 heterocycles. The molecule has 1 aliphatic heterocycles. The summed E-state index contributed by atoms with van der Waals surface area (Å²) in [5, 5.41) is 2.27. The number of rotatable bonds is 1. The number of carbonyl (C=O) groups excluding carboxylic acids is 3. The average molecular weight is 624 g/mol. The smallest absolute Gasteiger partial charge is 0.256 e. The molecule has 1 aromatic rings. The summed E-state index contributed by atoms with van der Waals surface area (Å²) in [5.74, 6) is -1.21. The van der Waals surface area contributed by atoms with E-state index in [-0.39, 0.29) is 12.5 Å². The van der Waals surface area contributed by atoms with Gasteiger partial charge in [0.05, 0.1) is 5.56 Å². The van der Waals surface area contributed by atoms with Gasteiger partial charge in [0, 0.05) is 10.7 Å². The van der Waals surface area contributed by atoms with Gasteiger partial charge >= 0.3 is 0 Å². The number of nitrogens with one attached hydrogen (secondary N) is 1. The molecule has 112 valence electrons. The van der Waals surface area contributed by atoms with Crippen molar-refractivity contribution in [3.8, 4) is 0 Å². The monoisotopic (exact) mass is 624 g/mol. The number of halogens is 3. The minimum absolute atomic E-state index is 0.115. The molecule has 1 saturated heterocycles. The molecule has 0 unspecified atom stereocenters. The van der Waals surface area contributed by atoms with Crippen molar-refractivity contribution in [1.82, 2.24) is 10.2 Å². The summed E-state index contributed by atoms with van der Waals surface area (Å²) >= 11 is 6.42. The minimum Gasteiger partial charge on any atom is -0.315 e. The maximum Gasteiger partial charge on any atom is 0.256 e. The molecular formula is C13H11I3N2O3. The van der Waals surface area contributed by atoms with Crippen molar-refractivity contribution in [2.45, 2.75) is 19.4 Å². The van der Waals surface area contributed by atoms with Gasteiger partial charge in [-0.2, -0.15) is 0 Å². The van der Waals surface area contributed by atoms with Gasteiger partial charge in [0.2, 0.25) is 5.91 Å². The Labute approximate surface area is 163 Å². The first kappa shape index (κ1) is 17.4. The SMILES string of the molecule is CC1(C)C(=O)NC(=O)CN1C(=O)c1cc(I)cc(I)c1I. The topological polar surface area (TPSA) is 66.5 Å². The zero-order valence-corrected chi connectivity index (χ0v) is 17.6. The Balaban J connectivity index is 2.48. The first-order valence-electron chi connectivity index (χ1n) is 5.95. The van der Waals surface area contributed by atoms with Gasteiger partial charge in [0.1, 0.15) is 12.1 Å². The number of benzene rings is 1. The van der Waals surface area contributed by atoms with Crippen molar-refractivity contribution in [2.24, 2.45) is 0 Å². The van der Waals surface area contributed by atoms with Crippen molar-refractivity contribution in [2.75, 3.05) is 6.54 Å². The number of amides is 3. The van der Waals surface area contributed by atoms with Crippen LogP contribution in [0, 0.1) is 10.7 Å². The van der Waals surface area contributed by atoms with Crippen LogP contribution in [-0.2, 0) is 9.59 Å². The van der Waals surface area contributed by atoms with Crippen LogP contribution < -0.4 is 5.32 Å². The van der Waals surface area contributed by atoms with E-state index in [1.54, 1.807) is 19.9 Å². The van der Waals surface area contributed by atoms with E-state index in [0.717, 1.165) is 10.7 Å². The molecule has 3 amide bonds. The van der Waals surface area contributed by atoms with Crippen LogP contribution in [0.3, 0.4) is 0 Å². The second kappa shape index (κ2) is 6.26. The zero-order chi connectivity index (χ0) is 15.9. The lowest BCUT2D eigenvalue weighted by Gasteiger charge is -2.40. The van der Waals surface area contributed by atoms with Crippen LogP contribution in [0.2, 0.25) is 0 Å². The normalized spacial score (nSPS) is 17.7. The Morgan fingerprint density at radius 1 is 1.24 bits per heavy atom. The van der Waals surface area contributed by atoms with Crippen LogP contribution in [-0.4, -0.2) is 34.7 Å².